The number of nitrogens with one attached hydrogen (secondary N) is 1. The summed E-state index contributed by atoms with van der Waals surface area (Å²) < 4.78 is 3.05. The molecule has 1 atom stereocenters. The van der Waals surface area contributed by atoms with E-state index in [1.165, 1.54) is 5.56 Å². The van der Waals surface area contributed by atoms with Crippen molar-refractivity contribution in [2.75, 3.05) is 7.05 Å². The van der Waals surface area contributed by atoms with Gasteiger partial charge in [-0.1, -0.05) is 6.92 Å². The number of hydrogen-bond acceptors (Lipinski definition) is 3. The van der Waals surface area contributed by atoms with Gasteiger partial charge in [0.2, 0.25) is 0 Å². The summed E-state index contributed by atoms with van der Waals surface area (Å²) in [4.78, 5) is 4.48. The van der Waals surface area contributed by atoms with E-state index in [4.69, 9.17) is 0 Å². The van der Waals surface area contributed by atoms with Gasteiger partial charge in [-0.3, -0.25) is 9.67 Å². The second-order valence-electron chi connectivity index (χ2n) is 4.58. The van der Waals surface area contributed by atoms with E-state index in [2.05, 4.69) is 51.2 Å². The van der Waals surface area contributed by atoms with Crippen LogP contribution in [0.4, 0.5) is 0 Å². The molecule has 2 heterocycles. The third-order valence-corrected chi connectivity index (χ3v) is 3.67. The van der Waals surface area contributed by atoms with Crippen molar-refractivity contribution in [1.82, 2.24) is 20.1 Å². The Morgan fingerprint density at radius 3 is 2.89 bits per heavy atom. The van der Waals surface area contributed by atoms with Crippen LogP contribution in [0.3, 0.4) is 0 Å². The van der Waals surface area contributed by atoms with Crippen LogP contribution >= 0.6 is 15.9 Å². The van der Waals surface area contributed by atoms with Crippen LogP contribution < -0.4 is 5.32 Å². The summed E-state index contributed by atoms with van der Waals surface area (Å²) in [7, 11) is 1.95. The summed E-state index contributed by atoms with van der Waals surface area (Å²) in [6.07, 6.45) is 4.76. The Morgan fingerprint density at radius 2 is 2.26 bits per heavy atom. The largest absolute Gasteiger partial charge is 0.307 e. The first-order chi connectivity index (χ1) is 9.17. The van der Waals surface area contributed by atoms with Crippen molar-refractivity contribution in [3.05, 3.63) is 46.0 Å². The predicted octanol–water partition coefficient (Wildman–Crippen LogP) is 3.07. The van der Waals surface area contributed by atoms with Crippen molar-refractivity contribution >= 4 is 15.9 Å². The maximum absolute atomic E-state index is 4.48. The minimum absolute atomic E-state index is 0.0447. The lowest BCUT2D eigenvalue weighted by molar-refractivity contribution is 0.528. The van der Waals surface area contributed by atoms with E-state index in [9.17, 15) is 0 Å². The lowest BCUT2D eigenvalue weighted by Gasteiger charge is -2.18. The maximum Gasteiger partial charge on any atom is 0.0931 e. The first kappa shape index (κ1) is 14.2. The molecule has 2 aromatic rings. The number of aryl methyl sites for hydroxylation is 2. The van der Waals surface area contributed by atoms with Crippen LogP contribution in [0.5, 0.6) is 0 Å². The third kappa shape index (κ3) is 3.04. The van der Waals surface area contributed by atoms with Gasteiger partial charge in [0, 0.05) is 12.7 Å². The minimum atomic E-state index is 0.0447. The Bertz CT molecular complexity index is 550. The molecule has 0 fully saturated rings. The molecular weight excluding hydrogens is 304 g/mol. The van der Waals surface area contributed by atoms with Gasteiger partial charge in [0.1, 0.15) is 0 Å². The Kier molecular flexibility index (Phi) is 4.71. The molecular formula is C14H19BrN4. The molecule has 0 radical (unpaired) electrons. The van der Waals surface area contributed by atoms with Gasteiger partial charge in [-0.15, -0.1) is 0 Å². The summed E-state index contributed by atoms with van der Waals surface area (Å²) in [5.74, 6) is 0. The highest BCUT2D eigenvalue weighted by atomic mass is 79.9. The fourth-order valence-electron chi connectivity index (χ4n) is 2.19. The molecule has 0 bridgehead atoms. The molecule has 0 aliphatic rings. The van der Waals surface area contributed by atoms with Crippen LogP contribution in [0.2, 0.25) is 0 Å². The number of halogens is 1. The molecule has 2 rings (SSSR count). The summed E-state index contributed by atoms with van der Waals surface area (Å²) in [6, 6.07) is 4.16. The lowest BCUT2D eigenvalue weighted by Crippen LogP contribution is -2.23. The average molecular weight is 323 g/mol. The smallest absolute Gasteiger partial charge is 0.0931 e. The highest BCUT2D eigenvalue weighted by molar-refractivity contribution is 9.10. The third-order valence-electron chi connectivity index (χ3n) is 3.06. The maximum atomic E-state index is 4.48. The number of aromatic nitrogens is 3. The van der Waals surface area contributed by atoms with E-state index in [1.807, 2.05) is 30.2 Å². The van der Waals surface area contributed by atoms with Crippen molar-refractivity contribution in [1.29, 1.82) is 0 Å². The van der Waals surface area contributed by atoms with Crippen LogP contribution in [0, 0.1) is 6.92 Å². The minimum Gasteiger partial charge on any atom is -0.307 e. The second-order valence-corrected chi connectivity index (χ2v) is 5.43. The molecule has 0 amide bonds. The van der Waals surface area contributed by atoms with E-state index in [-0.39, 0.29) is 6.04 Å². The van der Waals surface area contributed by atoms with Crippen molar-refractivity contribution in [3.8, 4) is 0 Å². The molecule has 0 aromatic carbocycles. The Morgan fingerprint density at radius 1 is 1.47 bits per heavy atom. The van der Waals surface area contributed by atoms with Crippen LogP contribution in [-0.4, -0.2) is 21.8 Å². The predicted molar refractivity (Wildman–Crippen MR) is 80.1 cm³/mol. The molecule has 0 spiro atoms. The zero-order valence-corrected chi connectivity index (χ0v) is 13.1. The topological polar surface area (TPSA) is 42.7 Å². The molecule has 102 valence electrons. The van der Waals surface area contributed by atoms with Gasteiger partial charge in [0.05, 0.1) is 28.1 Å². The molecule has 0 saturated carbocycles. The van der Waals surface area contributed by atoms with E-state index in [1.54, 1.807) is 0 Å². The molecule has 0 saturated heterocycles. The van der Waals surface area contributed by atoms with E-state index in [0.29, 0.717) is 0 Å². The Labute approximate surface area is 122 Å². The summed E-state index contributed by atoms with van der Waals surface area (Å²) >= 11 is 3.59. The van der Waals surface area contributed by atoms with Gasteiger partial charge in [-0.05, 0) is 54.0 Å². The summed E-state index contributed by atoms with van der Waals surface area (Å²) in [6.45, 7) is 5.14. The first-order valence-electron chi connectivity index (χ1n) is 6.48. The van der Waals surface area contributed by atoms with E-state index >= 15 is 0 Å². The first-order valence-corrected chi connectivity index (χ1v) is 7.27. The molecule has 1 N–H and O–H groups in total. The Hall–Kier alpha value is -1.20. The number of nitrogens with zero attached hydrogens (tertiary/aromatic N) is 3. The monoisotopic (exact) mass is 322 g/mol. The van der Waals surface area contributed by atoms with Gasteiger partial charge in [-0.25, -0.2) is 0 Å². The van der Waals surface area contributed by atoms with Gasteiger partial charge < -0.3 is 5.32 Å². The average Bonchev–Trinajstić information content (AvgIpc) is 2.74. The molecule has 5 heteroatoms. The normalized spacial score (nSPS) is 12.6. The van der Waals surface area contributed by atoms with E-state index < -0.39 is 0 Å². The summed E-state index contributed by atoms with van der Waals surface area (Å²) in [5.41, 5.74) is 3.35. The van der Waals surface area contributed by atoms with Crippen molar-refractivity contribution in [3.63, 3.8) is 0 Å². The molecule has 2 aromatic heterocycles. The fraction of sp³-hybridized carbons (Fsp3) is 0.429. The quantitative estimate of drug-likeness (QED) is 0.919. The van der Waals surface area contributed by atoms with Crippen LogP contribution in [0.1, 0.15) is 36.3 Å². The standard InChI is InChI=1S/C14H19BrN4/c1-4-7-19-14(11(15)9-18-19)13(16-3)12-8-10(2)5-6-17-12/h5-6,8-9,13,16H,4,7H2,1-3H3. The van der Waals surface area contributed by atoms with Crippen molar-refractivity contribution in [2.24, 2.45) is 0 Å². The highest BCUT2D eigenvalue weighted by Gasteiger charge is 2.21. The number of pyridine rings is 1. The zero-order valence-electron chi connectivity index (χ0n) is 11.5. The molecule has 4 nitrogen and oxygen atoms in total. The zero-order chi connectivity index (χ0) is 13.8. The lowest BCUT2D eigenvalue weighted by atomic mass is 10.1. The van der Waals surface area contributed by atoms with Gasteiger partial charge in [0.25, 0.3) is 0 Å². The van der Waals surface area contributed by atoms with Crippen LogP contribution in [-0.2, 0) is 6.54 Å². The van der Waals surface area contributed by atoms with Gasteiger partial charge >= 0.3 is 0 Å². The second kappa shape index (κ2) is 6.30. The number of rotatable bonds is 5. The van der Waals surface area contributed by atoms with Gasteiger partial charge in [-0.2, -0.15) is 5.10 Å². The highest BCUT2D eigenvalue weighted by Crippen LogP contribution is 2.27. The molecule has 0 aliphatic heterocycles. The number of hydrogen-bond donors (Lipinski definition) is 1. The summed E-state index contributed by atoms with van der Waals surface area (Å²) in [5, 5.41) is 7.76. The molecule has 1 unspecified atom stereocenters. The van der Waals surface area contributed by atoms with E-state index in [0.717, 1.165) is 28.8 Å². The molecule has 19 heavy (non-hydrogen) atoms. The van der Waals surface area contributed by atoms with Crippen LogP contribution in [0.15, 0.2) is 29.0 Å². The van der Waals surface area contributed by atoms with Crippen LogP contribution in [0.25, 0.3) is 0 Å². The van der Waals surface area contributed by atoms with Gasteiger partial charge in [0.15, 0.2) is 0 Å². The Balaban J connectivity index is 2.44. The van der Waals surface area contributed by atoms with Crippen molar-refractivity contribution in [2.45, 2.75) is 32.9 Å². The fourth-order valence-corrected chi connectivity index (χ4v) is 2.72. The molecule has 0 aliphatic carbocycles. The van der Waals surface area contributed by atoms with Crippen molar-refractivity contribution < 1.29 is 0 Å². The SMILES string of the molecule is CCCn1ncc(Br)c1C(NC)c1cc(C)ccn1.